The van der Waals surface area contributed by atoms with E-state index in [9.17, 15) is 0 Å². The Bertz CT molecular complexity index is 981. The molecule has 0 radical (unpaired) electrons. The van der Waals surface area contributed by atoms with Gasteiger partial charge in [-0.1, -0.05) is 36.4 Å². The predicted octanol–water partition coefficient (Wildman–Crippen LogP) is 3.84. The Morgan fingerprint density at radius 1 is 0.706 bits per heavy atom. The average molecular weight is 457 g/mol. The molecule has 4 atom stereocenters. The molecule has 4 aliphatic heterocycles. The molecule has 4 fully saturated rings. The molecule has 6 rings (SSSR count). The molecule has 6 nitrogen and oxygen atoms in total. The van der Waals surface area contributed by atoms with Gasteiger partial charge in [0.05, 0.1) is 48.7 Å². The van der Waals surface area contributed by atoms with Gasteiger partial charge >= 0.3 is 0 Å². The highest BCUT2D eigenvalue weighted by Gasteiger charge is 2.40. The summed E-state index contributed by atoms with van der Waals surface area (Å²) in [6, 6.07) is 21.5. The van der Waals surface area contributed by atoms with Crippen LogP contribution in [-0.2, 0) is 22.6 Å². The minimum atomic E-state index is 0.451. The average Bonchev–Trinajstić information content (AvgIpc) is 3.81. The Morgan fingerprint density at radius 3 is 1.50 bits per heavy atom. The summed E-state index contributed by atoms with van der Waals surface area (Å²) in [5.41, 5.74) is 3.88. The second kappa shape index (κ2) is 10.7. The van der Waals surface area contributed by atoms with Crippen molar-refractivity contribution in [2.75, 3.05) is 26.3 Å². The van der Waals surface area contributed by atoms with Gasteiger partial charge in [-0.25, -0.2) is 0 Å². The van der Waals surface area contributed by atoms with Crippen LogP contribution in [0.5, 0.6) is 0 Å². The fourth-order valence-corrected chi connectivity index (χ4v) is 5.47. The van der Waals surface area contributed by atoms with Crippen LogP contribution in [0.4, 0.5) is 0 Å². The van der Waals surface area contributed by atoms with Crippen LogP contribution >= 0.6 is 0 Å². The molecular weight excluding hydrogens is 424 g/mol. The Kier molecular flexibility index (Phi) is 7.23. The normalized spacial score (nSPS) is 27.9. The number of hydrogen-bond acceptors (Lipinski definition) is 6. The van der Waals surface area contributed by atoms with Crippen molar-refractivity contribution in [3.05, 3.63) is 70.8 Å². The van der Waals surface area contributed by atoms with E-state index >= 15 is 0 Å². The summed E-state index contributed by atoms with van der Waals surface area (Å²) in [5, 5.41) is 18.2. The Morgan fingerprint density at radius 2 is 1.12 bits per heavy atom. The molecule has 0 N–H and O–H groups in total. The van der Waals surface area contributed by atoms with E-state index in [-0.39, 0.29) is 0 Å². The SMILES string of the molecule is N#Cc1ccccc1CN1CCC[C@@H]1[C@@H]1CO1.N#Cc1ccccc1CN1CCC[C@@H]1[C@H]1CO1. The number of benzene rings is 2. The van der Waals surface area contributed by atoms with E-state index in [1.165, 1.54) is 25.7 Å². The molecule has 0 aromatic heterocycles. The number of rotatable bonds is 6. The van der Waals surface area contributed by atoms with Gasteiger partial charge in [0.2, 0.25) is 0 Å². The minimum Gasteiger partial charge on any atom is -0.371 e. The number of nitriles is 2. The molecule has 0 aliphatic carbocycles. The van der Waals surface area contributed by atoms with E-state index in [1.54, 1.807) is 0 Å². The first-order valence-electron chi connectivity index (χ1n) is 12.4. The highest BCUT2D eigenvalue weighted by molar-refractivity contribution is 5.38. The van der Waals surface area contributed by atoms with Crippen LogP contribution in [0, 0.1) is 22.7 Å². The topological polar surface area (TPSA) is 79.1 Å². The molecule has 176 valence electrons. The van der Waals surface area contributed by atoms with Crippen molar-refractivity contribution in [2.45, 2.75) is 63.1 Å². The number of likely N-dealkylation sites (tertiary alicyclic amines) is 2. The van der Waals surface area contributed by atoms with Crippen molar-refractivity contribution in [3.8, 4) is 12.1 Å². The quantitative estimate of drug-likeness (QED) is 0.615. The molecule has 0 unspecified atom stereocenters. The van der Waals surface area contributed by atoms with Gasteiger partial charge in [0.1, 0.15) is 0 Å². The Balaban J connectivity index is 0.000000142. The third kappa shape index (κ3) is 5.49. The first kappa shape index (κ1) is 23.0. The Labute approximate surface area is 202 Å². The number of ether oxygens (including phenoxy) is 2. The molecular formula is C28H32N4O2. The van der Waals surface area contributed by atoms with E-state index in [2.05, 4.69) is 34.1 Å². The van der Waals surface area contributed by atoms with Crippen molar-refractivity contribution < 1.29 is 9.47 Å². The van der Waals surface area contributed by atoms with E-state index < -0.39 is 0 Å². The summed E-state index contributed by atoms with van der Waals surface area (Å²) in [5.74, 6) is 0. The molecule has 34 heavy (non-hydrogen) atoms. The molecule has 4 aliphatic rings. The smallest absolute Gasteiger partial charge is 0.0995 e. The second-order valence-electron chi connectivity index (χ2n) is 9.64. The van der Waals surface area contributed by atoms with Gasteiger partial charge in [0, 0.05) is 25.2 Å². The third-order valence-electron chi connectivity index (χ3n) is 7.43. The van der Waals surface area contributed by atoms with Crippen molar-refractivity contribution in [1.29, 1.82) is 10.5 Å². The number of epoxide rings is 2. The molecule has 0 bridgehead atoms. The molecule has 4 saturated heterocycles. The zero-order chi connectivity index (χ0) is 23.3. The summed E-state index contributed by atoms with van der Waals surface area (Å²) in [4.78, 5) is 4.93. The molecule has 4 heterocycles. The molecule has 0 saturated carbocycles. The van der Waals surface area contributed by atoms with Gasteiger partial charge in [-0.15, -0.1) is 0 Å². The van der Waals surface area contributed by atoms with Crippen molar-refractivity contribution >= 4 is 0 Å². The summed E-state index contributed by atoms with van der Waals surface area (Å²) < 4.78 is 10.8. The fraction of sp³-hybridized carbons (Fsp3) is 0.500. The third-order valence-corrected chi connectivity index (χ3v) is 7.43. The van der Waals surface area contributed by atoms with Gasteiger partial charge in [-0.3, -0.25) is 9.80 Å². The van der Waals surface area contributed by atoms with Gasteiger partial charge in [0.15, 0.2) is 0 Å². The van der Waals surface area contributed by atoms with Crippen LogP contribution in [0.2, 0.25) is 0 Å². The summed E-state index contributed by atoms with van der Waals surface area (Å²) in [7, 11) is 0. The van der Waals surface area contributed by atoms with Crippen molar-refractivity contribution in [1.82, 2.24) is 9.80 Å². The maximum Gasteiger partial charge on any atom is 0.0995 e. The van der Waals surface area contributed by atoms with Crippen molar-refractivity contribution in [3.63, 3.8) is 0 Å². The largest absolute Gasteiger partial charge is 0.371 e. The standard InChI is InChI=1S/2C14H16N2O/c2*15-8-11-4-1-2-5-12(11)9-16-7-3-6-13(16)14-10-17-14/h2*1-2,4-5,13-14H,3,6-7,9-10H2/t13-,14+;13-,14-/m11/s1. The monoisotopic (exact) mass is 456 g/mol. The van der Waals surface area contributed by atoms with E-state index in [4.69, 9.17) is 20.0 Å². The highest BCUT2D eigenvalue weighted by atomic mass is 16.6. The second-order valence-corrected chi connectivity index (χ2v) is 9.64. The maximum absolute atomic E-state index is 9.09. The number of hydrogen-bond donors (Lipinski definition) is 0. The van der Waals surface area contributed by atoms with Gasteiger partial charge in [0.25, 0.3) is 0 Å². The predicted molar refractivity (Wildman–Crippen MR) is 129 cm³/mol. The Hall–Kier alpha value is -2.74. The van der Waals surface area contributed by atoms with E-state index in [0.29, 0.717) is 24.3 Å². The fourth-order valence-electron chi connectivity index (χ4n) is 5.47. The summed E-state index contributed by atoms with van der Waals surface area (Å²) >= 11 is 0. The first-order valence-corrected chi connectivity index (χ1v) is 12.4. The molecule has 0 amide bonds. The molecule has 2 aromatic rings. The van der Waals surface area contributed by atoms with Crippen LogP contribution in [0.25, 0.3) is 0 Å². The van der Waals surface area contributed by atoms with Crippen LogP contribution in [0.3, 0.4) is 0 Å². The lowest BCUT2D eigenvalue weighted by Gasteiger charge is -2.23. The number of nitrogens with zero attached hydrogens (tertiary/aromatic N) is 4. The first-order chi connectivity index (χ1) is 16.8. The molecule has 6 heteroatoms. The van der Waals surface area contributed by atoms with Gasteiger partial charge < -0.3 is 9.47 Å². The molecule has 2 aromatic carbocycles. The van der Waals surface area contributed by atoms with Crippen LogP contribution < -0.4 is 0 Å². The zero-order valence-corrected chi connectivity index (χ0v) is 19.6. The lowest BCUT2D eigenvalue weighted by Crippen LogP contribution is -2.33. The van der Waals surface area contributed by atoms with Crippen LogP contribution in [0.1, 0.15) is 47.9 Å². The van der Waals surface area contributed by atoms with Crippen LogP contribution in [0.15, 0.2) is 48.5 Å². The lowest BCUT2D eigenvalue weighted by molar-refractivity contribution is 0.201. The summed E-state index contributed by atoms with van der Waals surface area (Å²) in [6.45, 7) is 5.86. The summed E-state index contributed by atoms with van der Waals surface area (Å²) in [6.07, 6.45) is 5.87. The minimum absolute atomic E-state index is 0.451. The lowest BCUT2D eigenvalue weighted by atomic mass is 10.1. The highest BCUT2D eigenvalue weighted by Crippen LogP contribution is 2.31. The van der Waals surface area contributed by atoms with Gasteiger partial charge in [-0.05, 0) is 62.0 Å². The van der Waals surface area contributed by atoms with Crippen molar-refractivity contribution in [2.24, 2.45) is 0 Å². The van der Waals surface area contributed by atoms with E-state index in [1.807, 2.05) is 36.4 Å². The van der Waals surface area contributed by atoms with Crippen LogP contribution in [-0.4, -0.2) is 60.4 Å². The van der Waals surface area contributed by atoms with Gasteiger partial charge in [-0.2, -0.15) is 10.5 Å². The zero-order valence-electron chi connectivity index (χ0n) is 19.6. The van der Waals surface area contributed by atoms with E-state index in [0.717, 1.165) is 61.6 Å². The molecule has 0 spiro atoms. The maximum atomic E-state index is 9.09.